The molecule has 2 aromatic carbocycles. The van der Waals surface area contributed by atoms with Crippen molar-refractivity contribution in [1.82, 2.24) is 20.4 Å². The molecule has 0 bridgehead atoms. The Morgan fingerprint density at radius 1 is 1.19 bits per heavy atom. The van der Waals surface area contributed by atoms with Crippen LogP contribution in [0.1, 0.15) is 18.4 Å². The lowest BCUT2D eigenvalue weighted by Gasteiger charge is -2.16. The number of esters is 1. The van der Waals surface area contributed by atoms with Crippen LogP contribution in [0.15, 0.2) is 59.3 Å². The van der Waals surface area contributed by atoms with Gasteiger partial charge in [0, 0.05) is 36.0 Å². The molecule has 164 valence electrons. The Bertz CT molecular complexity index is 1250. The second-order valence-electron chi connectivity index (χ2n) is 7.17. The van der Waals surface area contributed by atoms with Crippen molar-refractivity contribution < 1.29 is 23.6 Å². The van der Waals surface area contributed by atoms with Gasteiger partial charge in [0.1, 0.15) is 11.8 Å². The van der Waals surface area contributed by atoms with Crippen molar-refractivity contribution in [2.24, 2.45) is 0 Å². The second-order valence-corrected chi connectivity index (χ2v) is 7.17. The molecular weight excluding hydrogens is 412 g/mol. The molecule has 9 heteroatoms. The van der Waals surface area contributed by atoms with Crippen molar-refractivity contribution in [2.45, 2.75) is 26.0 Å². The van der Waals surface area contributed by atoms with Crippen molar-refractivity contribution in [1.29, 1.82) is 0 Å². The maximum absolute atomic E-state index is 12.7. The van der Waals surface area contributed by atoms with Crippen LogP contribution in [0.4, 0.5) is 0 Å². The Morgan fingerprint density at radius 2 is 2.03 bits per heavy atom. The molecule has 2 aromatic heterocycles. The number of hydrogen-bond donors (Lipinski definition) is 2. The number of H-pyrrole nitrogens is 1. The molecule has 0 saturated carbocycles. The van der Waals surface area contributed by atoms with Crippen molar-refractivity contribution in [3.05, 3.63) is 66.2 Å². The zero-order valence-corrected chi connectivity index (χ0v) is 17.6. The first-order valence-electron chi connectivity index (χ1n) is 9.99. The molecule has 1 atom stereocenters. The number of nitrogens with one attached hydrogen (secondary N) is 2. The fraction of sp³-hybridized carbons (Fsp3) is 0.217. The summed E-state index contributed by atoms with van der Waals surface area (Å²) in [7, 11) is 1.57. The highest BCUT2D eigenvalue weighted by atomic mass is 16.6. The van der Waals surface area contributed by atoms with E-state index < -0.39 is 12.0 Å². The van der Waals surface area contributed by atoms with E-state index in [0.717, 1.165) is 16.5 Å². The van der Waals surface area contributed by atoms with Crippen LogP contribution in [0.5, 0.6) is 5.75 Å². The van der Waals surface area contributed by atoms with Gasteiger partial charge in [-0.15, -0.1) is 0 Å². The summed E-state index contributed by atoms with van der Waals surface area (Å²) in [6.07, 6.45) is 2.10. The largest absolute Gasteiger partial charge is 0.497 e. The average Bonchev–Trinajstić information content (AvgIpc) is 3.44. The van der Waals surface area contributed by atoms with E-state index in [4.69, 9.17) is 14.0 Å². The molecule has 0 radical (unpaired) electrons. The minimum absolute atomic E-state index is 0.143. The molecule has 0 aliphatic rings. The van der Waals surface area contributed by atoms with Crippen molar-refractivity contribution in [2.75, 3.05) is 7.11 Å². The van der Waals surface area contributed by atoms with Crippen LogP contribution < -0.4 is 10.1 Å². The lowest BCUT2D eigenvalue weighted by Crippen LogP contribution is -2.42. The fourth-order valence-electron chi connectivity index (χ4n) is 3.39. The molecule has 0 spiro atoms. The molecule has 2 heterocycles. The third-order valence-electron chi connectivity index (χ3n) is 4.89. The highest BCUT2D eigenvalue weighted by molar-refractivity contribution is 5.86. The van der Waals surface area contributed by atoms with Gasteiger partial charge in [0.2, 0.25) is 11.7 Å². The monoisotopic (exact) mass is 434 g/mol. The number of carbonyl (C=O) groups is 2. The SMILES string of the molecule is COc1cccc(-c2noc(COC(=O)[C@H](Cc3c[nH]c4ccccc34)NC(C)=O)n2)c1. The number of aromatic amines is 1. The molecule has 9 nitrogen and oxygen atoms in total. The van der Waals surface area contributed by atoms with Gasteiger partial charge in [-0.2, -0.15) is 4.98 Å². The molecule has 0 saturated heterocycles. The maximum Gasteiger partial charge on any atom is 0.329 e. The fourth-order valence-corrected chi connectivity index (χ4v) is 3.39. The highest BCUT2D eigenvalue weighted by Crippen LogP contribution is 2.22. The molecule has 4 aromatic rings. The average molecular weight is 434 g/mol. The van der Waals surface area contributed by atoms with E-state index in [1.165, 1.54) is 6.92 Å². The molecule has 4 rings (SSSR count). The van der Waals surface area contributed by atoms with E-state index in [1.807, 2.05) is 48.7 Å². The van der Waals surface area contributed by atoms with Crippen LogP contribution in [-0.4, -0.2) is 40.2 Å². The predicted molar refractivity (Wildman–Crippen MR) is 116 cm³/mol. The molecule has 0 fully saturated rings. The molecule has 0 aliphatic heterocycles. The smallest absolute Gasteiger partial charge is 0.329 e. The Balaban J connectivity index is 1.43. The van der Waals surface area contributed by atoms with Crippen LogP contribution in [-0.2, 0) is 27.4 Å². The van der Waals surface area contributed by atoms with E-state index in [0.29, 0.717) is 17.1 Å². The van der Waals surface area contributed by atoms with Gasteiger partial charge in [0.05, 0.1) is 7.11 Å². The summed E-state index contributed by atoms with van der Waals surface area (Å²) in [5.41, 5.74) is 2.56. The first kappa shape index (κ1) is 21.1. The third kappa shape index (κ3) is 4.77. The summed E-state index contributed by atoms with van der Waals surface area (Å²) < 4.78 is 15.8. The van der Waals surface area contributed by atoms with Gasteiger partial charge in [-0.25, -0.2) is 4.79 Å². The minimum Gasteiger partial charge on any atom is -0.497 e. The zero-order chi connectivity index (χ0) is 22.5. The molecule has 0 unspecified atom stereocenters. The summed E-state index contributed by atoms with van der Waals surface area (Å²) in [4.78, 5) is 31.8. The highest BCUT2D eigenvalue weighted by Gasteiger charge is 2.24. The number of para-hydroxylation sites is 1. The van der Waals surface area contributed by atoms with Crippen molar-refractivity contribution >= 4 is 22.8 Å². The van der Waals surface area contributed by atoms with Gasteiger partial charge in [-0.3, -0.25) is 4.79 Å². The number of methoxy groups -OCH3 is 1. The van der Waals surface area contributed by atoms with Crippen molar-refractivity contribution in [3.8, 4) is 17.1 Å². The summed E-state index contributed by atoms with van der Waals surface area (Å²) in [6, 6.07) is 14.1. The predicted octanol–water partition coefficient (Wildman–Crippen LogP) is 3.02. The van der Waals surface area contributed by atoms with Gasteiger partial charge in [-0.05, 0) is 23.8 Å². The molecule has 0 aliphatic carbocycles. The topological polar surface area (TPSA) is 119 Å². The number of benzene rings is 2. The molecule has 2 N–H and O–H groups in total. The summed E-state index contributed by atoms with van der Waals surface area (Å²) in [6.45, 7) is 1.15. The number of nitrogens with zero attached hydrogens (tertiary/aromatic N) is 2. The second kappa shape index (κ2) is 9.34. The number of rotatable bonds is 8. The summed E-state index contributed by atoms with van der Waals surface area (Å²) >= 11 is 0. The van der Waals surface area contributed by atoms with E-state index in [-0.39, 0.29) is 24.8 Å². The zero-order valence-electron chi connectivity index (χ0n) is 17.6. The standard InChI is InChI=1S/C23H22N4O5/c1-14(28)25-20(11-16-12-24-19-9-4-3-8-18(16)19)23(29)31-13-21-26-22(27-32-21)15-6-5-7-17(10-15)30-2/h3-10,12,20,24H,11,13H2,1-2H3,(H,25,28)/t20-/m0/s1. The van der Waals surface area contributed by atoms with E-state index in [9.17, 15) is 9.59 Å². The number of carbonyl (C=O) groups excluding carboxylic acids is 2. The Kier molecular flexibility index (Phi) is 6.16. The molecular formula is C23H22N4O5. The maximum atomic E-state index is 12.7. The van der Waals surface area contributed by atoms with Crippen LogP contribution in [0.3, 0.4) is 0 Å². The normalized spacial score (nSPS) is 11.8. The number of ether oxygens (including phenoxy) is 2. The van der Waals surface area contributed by atoms with Gasteiger partial charge in [0.25, 0.3) is 5.89 Å². The van der Waals surface area contributed by atoms with E-state index in [2.05, 4.69) is 20.4 Å². The number of amides is 1. The summed E-state index contributed by atoms with van der Waals surface area (Å²) in [5, 5.41) is 7.56. The number of fused-ring (bicyclic) bond motifs is 1. The molecule has 32 heavy (non-hydrogen) atoms. The van der Waals surface area contributed by atoms with Gasteiger partial charge in [0.15, 0.2) is 6.61 Å². The number of aromatic nitrogens is 3. The molecule has 1 amide bonds. The van der Waals surface area contributed by atoms with E-state index >= 15 is 0 Å². The Hall–Kier alpha value is -4.14. The van der Waals surface area contributed by atoms with Crippen LogP contribution >= 0.6 is 0 Å². The lowest BCUT2D eigenvalue weighted by atomic mass is 10.0. The quantitative estimate of drug-likeness (QED) is 0.409. The van der Waals surface area contributed by atoms with Gasteiger partial charge < -0.3 is 24.3 Å². The van der Waals surface area contributed by atoms with Crippen LogP contribution in [0, 0.1) is 0 Å². The van der Waals surface area contributed by atoms with E-state index in [1.54, 1.807) is 13.2 Å². The summed E-state index contributed by atoms with van der Waals surface area (Å²) in [5.74, 6) is 0.240. The Labute approximate surface area is 183 Å². The van der Waals surface area contributed by atoms with Gasteiger partial charge in [-0.1, -0.05) is 35.5 Å². The van der Waals surface area contributed by atoms with Crippen molar-refractivity contribution in [3.63, 3.8) is 0 Å². The van der Waals surface area contributed by atoms with Gasteiger partial charge >= 0.3 is 5.97 Å². The third-order valence-corrected chi connectivity index (χ3v) is 4.89. The number of hydrogen-bond acceptors (Lipinski definition) is 7. The minimum atomic E-state index is -0.854. The first-order chi connectivity index (χ1) is 15.5. The first-order valence-corrected chi connectivity index (χ1v) is 9.99. The Morgan fingerprint density at radius 3 is 2.84 bits per heavy atom. The van der Waals surface area contributed by atoms with Crippen LogP contribution in [0.25, 0.3) is 22.3 Å². The lowest BCUT2D eigenvalue weighted by molar-refractivity contribution is -0.149. The van der Waals surface area contributed by atoms with Crippen LogP contribution in [0.2, 0.25) is 0 Å².